The average molecular weight is 308 g/mol. The molecule has 0 spiro atoms. The fraction of sp³-hybridized carbons (Fsp3) is 0.267. The van der Waals surface area contributed by atoms with E-state index < -0.39 is 20.9 Å². The minimum absolute atomic E-state index is 0.313. The molecule has 2 rings (SSSR count). The van der Waals surface area contributed by atoms with Gasteiger partial charge in [0.05, 0.1) is 0 Å². The first-order valence-corrected chi connectivity index (χ1v) is 8.06. The van der Waals surface area contributed by atoms with E-state index in [9.17, 15) is 12.8 Å². The Balaban J connectivity index is 2.00. The molecule has 6 heteroatoms. The van der Waals surface area contributed by atoms with Gasteiger partial charge in [-0.3, -0.25) is 0 Å². The summed E-state index contributed by atoms with van der Waals surface area (Å²) in [4.78, 5) is 3.63. The Morgan fingerprint density at radius 1 is 1.14 bits per heavy atom. The number of hydrogen-bond donors (Lipinski definition) is 0. The van der Waals surface area contributed by atoms with Crippen molar-refractivity contribution in [3.05, 3.63) is 60.0 Å². The van der Waals surface area contributed by atoms with E-state index in [1.54, 1.807) is 0 Å². The van der Waals surface area contributed by atoms with Gasteiger partial charge in [-0.15, -0.1) is 0 Å². The zero-order valence-electron chi connectivity index (χ0n) is 11.7. The summed E-state index contributed by atoms with van der Waals surface area (Å²) in [6.07, 6.45) is 2.70. The van der Waals surface area contributed by atoms with Crippen LogP contribution in [0, 0.1) is 5.82 Å². The molecule has 0 aliphatic rings. The van der Waals surface area contributed by atoms with Gasteiger partial charge in [0, 0.05) is 19.8 Å². The van der Waals surface area contributed by atoms with E-state index in [4.69, 9.17) is 0 Å². The Morgan fingerprint density at radius 2 is 1.86 bits per heavy atom. The highest BCUT2D eigenvalue weighted by atomic mass is 32.2. The maximum atomic E-state index is 13.6. The van der Waals surface area contributed by atoms with Crippen LogP contribution in [0.25, 0.3) is 0 Å². The molecule has 0 N–H and O–H groups in total. The molecule has 1 heterocycles. The standard InChI is InChI=1S/C15H17FN2O2S/c1-18(12-6-9-13-7-3-2-4-8-13)21(19,20)15-14(16)10-5-11-17-15/h2-5,7-8,10-11H,6,9,12H2,1H3. The van der Waals surface area contributed by atoms with Crippen molar-refractivity contribution in [1.29, 1.82) is 0 Å². The molecule has 0 radical (unpaired) electrons. The lowest BCUT2D eigenvalue weighted by atomic mass is 10.1. The summed E-state index contributed by atoms with van der Waals surface area (Å²) in [5.74, 6) is -0.826. The van der Waals surface area contributed by atoms with Crippen LogP contribution in [0.3, 0.4) is 0 Å². The van der Waals surface area contributed by atoms with Gasteiger partial charge in [-0.25, -0.2) is 17.8 Å². The lowest BCUT2D eigenvalue weighted by Gasteiger charge is -2.16. The Hall–Kier alpha value is -1.79. The number of aromatic nitrogens is 1. The predicted octanol–water partition coefficient (Wildman–Crippen LogP) is 2.47. The predicted molar refractivity (Wildman–Crippen MR) is 78.8 cm³/mol. The zero-order chi connectivity index (χ0) is 15.3. The molecule has 4 nitrogen and oxygen atoms in total. The summed E-state index contributed by atoms with van der Waals surface area (Å²) >= 11 is 0. The third kappa shape index (κ3) is 3.86. The third-order valence-electron chi connectivity index (χ3n) is 3.16. The molecular weight excluding hydrogens is 291 g/mol. The molecule has 0 unspecified atom stereocenters. The summed E-state index contributed by atoms with van der Waals surface area (Å²) < 4.78 is 39.1. The van der Waals surface area contributed by atoms with Crippen LogP contribution in [0.5, 0.6) is 0 Å². The van der Waals surface area contributed by atoms with Crippen molar-refractivity contribution < 1.29 is 12.8 Å². The van der Waals surface area contributed by atoms with E-state index in [1.807, 2.05) is 30.3 Å². The molecule has 21 heavy (non-hydrogen) atoms. The molecule has 0 amide bonds. The van der Waals surface area contributed by atoms with Gasteiger partial charge in [-0.2, -0.15) is 4.31 Å². The number of pyridine rings is 1. The quantitative estimate of drug-likeness (QED) is 0.824. The Kier molecular flexibility index (Phi) is 5.03. The van der Waals surface area contributed by atoms with E-state index in [2.05, 4.69) is 4.98 Å². The molecular formula is C15H17FN2O2S. The number of halogens is 1. The van der Waals surface area contributed by atoms with E-state index in [0.717, 1.165) is 22.4 Å². The lowest BCUT2D eigenvalue weighted by Crippen LogP contribution is -2.29. The molecule has 0 saturated heterocycles. The number of nitrogens with zero attached hydrogens (tertiary/aromatic N) is 2. The molecule has 1 aromatic heterocycles. The van der Waals surface area contributed by atoms with Crippen molar-refractivity contribution in [2.75, 3.05) is 13.6 Å². The Morgan fingerprint density at radius 3 is 2.52 bits per heavy atom. The number of sulfonamides is 1. The van der Waals surface area contributed by atoms with Crippen LogP contribution in [0.1, 0.15) is 12.0 Å². The maximum absolute atomic E-state index is 13.6. The second kappa shape index (κ2) is 6.78. The van der Waals surface area contributed by atoms with Gasteiger partial charge in [0.15, 0.2) is 5.82 Å². The van der Waals surface area contributed by atoms with Crippen LogP contribution in [-0.2, 0) is 16.4 Å². The van der Waals surface area contributed by atoms with Gasteiger partial charge < -0.3 is 0 Å². The lowest BCUT2D eigenvalue weighted by molar-refractivity contribution is 0.450. The normalized spacial score (nSPS) is 11.8. The molecule has 0 aliphatic carbocycles. The second-order valence-electron chi connectivity index (χ2n) is 4.71. The topological polar surface area (TPSA) is 50.3 Å². The average Bonchev–Trinajstić information content (AvgIpc) is 2.48. The first-order valence-electron chi connectivity index (χ1n) is 6.62. The van der Waals surface area contributed by atoms with Crippen LogP contribution >= 0.6 is 0 Å². The summed E-state index contributed by atoms with van der Waals surface area (Å²) in [6.45, 7) is 0.313. The van der Waals surface area contributed by atoms with Crippen molar-refractivity contribution in [2.24, 2.45) is 0 Å². The number of aryl methyl sites for hydroxylation is 1. The van der Waals surface area contributed by atoms with Gasteiger partial charge >= 0.3 is 0 Å². The molecule has 112 valence electrons. The fourth-order valence-electron chi connectivity index (χ4n) is 1.98. The van der Waals surface area contributed by atoms with E-state index in [1.165, 1.54) is 19.3 Å². The van der Waals surface area contributed by atoms with Gasteiger partial charge in [-0.1, -0.05) is 30.3 Å². The van der Waals surface area contributed by atoms with Crippen molar-refractivity contribution >= 4 is 10.0 Å². The summed E-state index contributed by atoms with van der Waals surface area (Å²) in [7, 11) is -2.44. The smallest absolute Gasteiger partial charge is 0.241 e. The van der Waals surface area contributed by atoms with Crippen LogP contribution in [0.4, 0.5) is 4.39 Å². The number of hydrogen-bond acceptors (Lipinski definition) is 3. The summed E-state index contributed by atoms with van der Waals surface area (Å²) in [6, 6.07) is 12.3. The molecule has 0 atom stereocenters. The fourth-order valence-corrected chi connectivity index (χ4v) is 3.15. The van der Waals surface area contributed by atoms with Gasteiger partial charge in [0.2, 0.25) is 5.03 Å². The van der Waals surface area contributed by atoms with E-state index >= 15 is 0 Å². The molecule has 2 aromatic rings. The molecule has 0 saturated carbocycles. The van der Waals surface area contributed by atoms with Crippen LogP contribution in [-0.4, -0.2) is 31.3 Å². The Labute approximate surface area is 124 Å². The van der Waals surface area contributed by atoms with Crippen LogP contribution in [0.15, 0.2) is 53.7 Å². The van der Waals surface area contributed by atoms with Gasteiger partial charge in [0.25, 0.3) is 10.0 Å². The largest absolute Gasteiger partial charge is 0.263 e. The first-order chi connectivity index (χ1) is 10.0. The summed E-state index contributed by atoms with van der Waals surface area (Å²) in [5.41, 5.74) is 1.15. The van der Waals surface area contributed by atoms with Gasteiger partial charge in [0.1, 0.15) is 0 Å². The first kappa shape index (κ1) is 15.6. The maximum Gasteiger partial charge on any atom is 0.263 e. The highest BCUT2D eigenvalue weighted by molar-refractivity contribution is 7.89. The number of rotatable bonds is 6. The number of benzene rings is 1. The molecule has 0 bridgehead atoms. The SMILES string of the molecule is CN(CCCc1ccccc1)S(=O)(=O)c1ncccc1F. The molecule has 0 fully saturated rings. The highest BCUT2D eigenvalue weighted by Gasteiger charge is 2.25. The second-order valence-corrected chi connectivity index (χ2v) is 6.67. The van der Waals surface area contributed by atoms with Crippen LogP contribution in [0.2, 0.25) is 0 Å². The van der Waals surface area contributed by atoms with E-state index in [-0.39, 0.29) is 0 Å². The monoisotopic (exact) mass is 308 g/mol. The Bertz CT molecular complexity index is 690. The van der Waals surface area contributed by atoms with Crippen molar-refractivity contribution in [3.8, 4) is 0 Å². The highest BCUT2D eigenvalue weighted by Crippen LogP contribution is 2.15. The van der Waals surface area contributed by atoms with Crippen molar-refractivity contribution in [1.82, 2.24) is 9.29 Å². The minimum Gasteiger partial charge on any atom is -0.241 e. The molecule has 1 aromatic carbocycles. The zero-order valence-corrected chi connectivity index (χ0v) is 12.6. The minimum atomic E-state index is -3.88. The van der Waals surface area contributed by atoms with E-state index in [0.29, 0.717) is 13.0 Å². The van der Waals surface area contributed by atoms with Gasteiger partial charge in [-0.05, 0) is 30.5 Å². The van der Waals surface area contributed by atoms with Crippen molar-refractivity contribution in [2.45, 2.75) is 17.9 Å². The van der Waals surface area contributed by atoms with Crippen molar-refractivity contribution in [3.63, 3.8) is 0 Å². The third-order valence-corrected chi connectivity index (χ3v) is 4.95. The summed E-state index contributed by atoms with van der Waals surface area (Å²) in [5, 5.41) is -0.521. The molecule has 0 aliphatic heterocycles. The van der Waals surface area contributed by atoms with Crippen LogP contribution < -0.4 is 0 Å².